The number of aryl methyl sites for hydroxylation is 1. The molecule has 2 heterocycles. The smallest absolute Gasteiger partial charge is 0.254 e. The minimum absolute atomic E-state index is 0.141. The van der Waals surface area contributed by atoms with E-state index in [1.165, 1.54) is 5.56 Å². The van der Waals surface area contributed by atoms with E-state index in [-0.39, 0.29) is 11.9 Å². The van der Waals surface area contributed by atoms with Crippen molar-refractivity contribution in [2.24, 2.45) is 0 Å². The second kappa shape index (κ2) is 5.21. The molecule has 0 aromatic heterocycles. The van der Waals surface area contributed by atoms with Crippen LogP contribution in [0.4, 0.5) is 0 Å². The number of carbonyl (C=O) groups excluding carboxylic acids is 1. The zero-order valence-corrected chi connectivity index (χ0v) is 11.3. The molecule has 1 N–H and O–H groups in total. The van der Waals surface area contributed by atoms with E-state index in [0.29, 0.717) is 0 Å². The summed E-state index contributed by atoms with van der Waals surface area (Å²) in [5.41, 5.74) is 1.96. The van der Waals surface area contributed by atoms with Crippen LogP contribution < -0.4 is 10.1 Å². The molecule has 1 aromatic rings. The van der Waals surface area contributed by atoms with Crippen LogP contribution in [0.5, 0.6) is 5.75 Å². The number of carbonyl (C=O) groups is 1. The van der Waals surface area contributed by atoms with Gasteiger partial charge in [0.15, 0.2) is 0 Å². The minimum atomic E-state index is 0.141. The van der Waals surface area contributed by atoms with Crippen LogP contribution in [0.3, 0.4) is 0 Å². The summed E-state index contributed by atoms with van der Waals surface area (Å²) >= 11 is 0. The lowest BCUT2D eigenvalue weighted by Gasteiger charge is -2.34. The molecule has 1 unspecified atom stereocenters. The van der Waals surface area contributed by atoms with Crippen LogP contribution >= 0.6 is 0 Å². The van der Waals surface area contributed by atoms with E-state index in [4.69, 9.17) is 4.74 Å². The van der Waals surface area contributed by atoms with Gasteiger partial charge in [0.05, 0.1) is 6.61 Å². The van der Waals surface area contributed by atoms with Gasteiger partial charge in [-0.25, -0.2) is 0 Å². The summed E-state index contributed by atoms with van der Waals surface area (Å²) in [6, 6.07) is 6.09. The maximum absolute atomic E-state index is 12.6. The lowest BCUT2D eigenvalue weighted by molar-refractivity contribution is 0.0655. The summed E-state index contributed by atoms with van der Waals surface area (Å²) in [7, 11) is 0. The lowest BCUT2D eigenvalue weighted by Crippen LogP contribution is -2.52. The average molecular weight is 260 g/mol. The zero-order valence-electron chi connectivity index (χ0n) is 11.3. The molecule has 3 rings (SSSR count). The summed E-state index contributed by atoms with van der Waals surface area (Å²) in [4.78, 5) is 14.5. The molecule has 1 amide bonds. The molecule has 0 bridgehead atoms. The van der Waals surface area contributed by atoms with Crippen molar-refractivity contribution in [2.45, 2.75) is 25.8 Å². The molecule has 4 nitrogen and oxygen atoms in total. The predicted octanol–water partition coefficient (Wildman–Crippen LogP) is 1.45. The topological polar surface area (TPSA) is 41.6 Å². The zero-order chi connectivity index (χ0) is 13.2. The highest BCUT2D eigenvalue weighted by atomic mass is 16.5. The number of benzene rings is 1. The van der Waals surface area contributed by atoms with Crippen molar-refractivity contribution in [3.05, 3.63) is 29.3 Å². The second-order valence-electron chi connectivity index (χ2n) is 5.33. The summed E-state index contributed by atoms with van der Waals surface area (Å²) in [5, 5.41) is 3.31. The molecule has 19 heavy (non-hydrogen) atoms. The third-order valence-corrected chi connectivity index (χ3v) is 3.92. The Kier molecular flexibility index (Phi) is 3.42. The molecule has 0 radical (unpaired) electrons. The molecule has 0 spiro atoms. The summed E-state index contributed by atoms with van der Waals surface area (Å²) in [6.07, 6.45) is 2.04. The van der Waals surface area contributed by atoms with Crippen LogP contribution in [0.15, 0.2) is 18.2 Å². The van der Waals surface area contributed by atoms with Gasteiger partial charge < -0.3 is 15.0 Å². The first-order valence-corrected chi connectivity index (χ1v) is 7.03. The first-order valence-electron chi connectivity index (χ1n) is 7.03. The minimum Gasteiger partial charge on any atom is -0.493 e. The number of piperazine rings is 1. The standard InChI is InChI=1S/C15H20N2O2/c1-11-10-16-6-7-17(11)15(18)13-4-5-14-12(9-13)3-2-8-19-14/h4-5,9,11,16H,2-3,6-8,10H2,1H3. The second-order valence-corrected chi connectivity index (χ2v) is 5.33. The fraction of sp³-hybridized carbons (Fsp3) is 0.533. The van der Waals surface area contributed by atoms with Crippen molar-refractivity contribution in [1.82, 2.24) is 10.2 Å². The monoisotopic (exact) mass is 260 g/mol. The van der Waals surface area contributed by atoms with Gasteiger partial charge >= 0.3 is 0 Å². The highest BCUT2D eigenvalue weighted by molar-refractivity contribution is 5.95. The van der Waals surface area contributed by atoms with Gasteiger partial charge in [-0.05, 0) is 43.5 Å². The van der Waals surface area contributed by atoms with Gasteiger partial charge in [0.25, 0.3) is 5.91 Å². The van der Waals surface area contributed by atoms with Crippen molar-refractivity contribution < 1.29 is 9.53 Å². The van der Waals surface area contributed by atoms with E-state index in [2.05, 4.69) is 12.2 Å². The van der Waals surface area contributed by atoms with E-state index >= 15 is 0 Å². The van der Waals surface area contributed by atoms with E-state index in [1.807, 2.05) is 23.1 Å². The molecule has 2 aliphatic heterocycles. The molecule has 2 aliphatic rings. The summed E-state index contributed by atoms with van der Waals surface area (Å²) < 4.78 is 5.59. The molecule has 4 heteroatoms. The van der Waals surface area contributed by atoms with Crippen LogP contribution in [0.2, 0.25) is 0 Å². The Labute approximate surface area is 113 Å². The van der Waals surface area contributed by atoms with Crippen LogP contribution in [-0.2, 0) is 6.42 Å². The number of hydrogen-bond acceptors (Lipinski definition) is 3. The third-order valence-electron chi connectivity index (χ3n) is 3.92. The average Bonchev–Trinajstić information content (AvgIpc) is 2.46. The van der Waals surface area contributed by atoms with Crippen molar-refractivity contribution >= 4 is 5.91 Å². The number of nitrogens with one attached hydrogen (secondary N) is 1. The Morgan fingerprint density at radius 3 is 3.21 bits per heavy atom. The first kappa shape index (κ1) is 12.5. The molecule has 1 atom stereocenters. The van der Waals surface area contributed by atoms with Crippen LogP contribution in [0, 0.1) is 0 Å². The fourth-order valence-corrected chi connectivity index (χ4v) is 2.80. The van der Waals surface area contributed by atoms with Crippen LogP contribution in [0.1, 0.15) is 29.3 Å². The normalized spacial score (nSPS) is 22.6. The highest BCUT2D eigenvalue weighted by Gasteiger charge is 2.24. The fourth-order valence-electron chi connectivity index (χ4n) is 2.80. The van der Waals surface area contributed by atoms with Crippen molar-refractivity contribution in [3.63, 3.8) is 0 Å². The lowest BCUT2D eigenvalue weighted by atomic mass is 10.0. The van der Waals surface area contributed by atoms with Gasteiger partial charge in [-0.3, -0.25) is 4.79 Å². The Hall–Kier alpha value is -1.55. The molecular formula is C15H20N2O2. The Morgan fingerprint density at radius 2 is 2.37 bits per heavy atom. The molecule has 1 aromatic carbocycles. The Bertz CT molecular complexity index is 487. The molecule has 1 saturated heterocycles. The summed E-state index contributed by atoms with van der Waals surface area (Å²) in [5.74, 6) is 1.08. The molecule has 0 aliphatic carbocycles. The quantitative estimate of drug-likeness (QED) is 0.831. The number of amides is 1. The number of rotatable bonds is 1. The maximum Gasteiger partial charge on any atom is 0.254 e. The van der Waals surface area contributed by atoms with Gasteiger partial charge in [0, 0.05) is 31.2 Å². The Morgan fingerprint density at radius 1 is 1.47 bits per heavy atom. The molecule has 0 saturated carbocycles. The van der Waals surface area contributed by atoms with Gasteiger partial charge in [-0.2, -0.15) is 0 Å². The largest absolute Gasteiger partial charge is 0.493 e. The predicted molar refractivity (Wildman–Crippen MR) is 73.6 cm³/mol. The van der Waals surface area contributed by atoms with E-state index in [0.717, 1.165) is 50.4 Å². The van der Waals surface area contributed by atoms with Crippen LogP contribution in [-0.4, -0.2) is 43.1 Å². The van der Waals surface area contributed by atoms with Gasteiger partial charge in [0.2, 0.25) is 0 Å². The van der Waals surface area contributed by atoms with E-state index < -0.39 is 0 Å². The van der Waals surface area contributed by atoms with Gasteiger partial charge in [-0.15, -0.1) is 0 Å². The molecular weight excluding hydrogens is 240 g/mol. The maximum atomic E-state index is 12.6. The first-order chi connectivity index (χ1) is 9.25. The highest BCUT2D eigenvalue weighted by Crippen LogP contribution is 2.26. The Balaban J connectivity index is 1.83. The van der Waals surface area contributed by atoms with Crippen molar-refractivity contribution in [2.75, 3.05) is 26.2 Å². The van der Waals surface area contributed by atoms with Crippen LogP contribution in [0.25, 0.3) is 0 Å². The van der Waals surface area contributed by atoms with E-state index in [9.17, 15) is 4.79 Å². The SMILES string of the molecule is CC1CNCCN1C(=O)c1ccc2c(c1)CCCO2. The number of ether oxygens (including phenoxy) is 1. The number of hydrogen-bond donors (Lipinski definition) is 1. The number of nitrogens with zero attached hydrogens (tertiary/aromatic N) is 1. The molecule has 1 fully saturated rings. The van der Waals surface area contributed by atoms with Gasteiger partial charge in [0.1, 0.15) is 5.75 Å². The third kappa shape index (κ3) is 2.45. The van der Waals surface area contributed by atoms with E-state index in [1.54, 1.807) is 0 Å². The number of fused-ring (bicyclic) bond motifs is 1. The van der Waals surface area contributed by atoms with Gasteiger partial charge in [-0.1, -0.05) is 0 Å². The van der Waals surface area contributed by atoms with Crippen molar-refractivity contribution in [1.29, 1.82) is 0 Å². The van der Waals surface area contributed by atoms with Crippen molar-refractivity contribution in [3.8, 4) is 5.75 Å². The molecule has 102 valence electrons. The summed E-state index contributed by atoms with van der Waals surface area (Å²) in [6.45, 7) is 5.41.